The van der Waals surface area contributed by atoms with E-state index in [2.05, 4.69) is 16.9 Å². The lowest BCUT2D eigenvalue weighted by Gasteiger charge is -2.30. The van der Waals surface area contributed by atoms with Gasteiger partial charge in [-0.25, -0.2) is 4.39 Å². The number of ether oxygens (including phenoxy) is 1. The van der Waals surface area contributed by atoms with Crippen molar-refractivity contribution in [1.29, 1.82) is 5.41 Å². The molecule has 180 valence electrons. The number of pyridine rings is 1. The summed E-state index contributed by atoms with van der Waals surface area (Å²) in [5, 5.41) is 11.8. The van der Waals surface area contributed by atoms with Crippen LogP contribution in [0.15, 0.2) is 84.6 Å². The van der Waals surface area contributed by atoms with Gasteiger partial charge in [-0.2, -0.15) is 0 Å². The number of nitrogens with two attached hydrogens (primary N) is 1. The third kappa shape index (κ3) is 6.19. The Kier molecular flexibility index (Phi) is 7.67. The van der Waals surface area contributed by atoms with Crippen LogP contribution >= 0.6 is 0 Å². The number of amides is 1. The van der Waals surface area contributed by atoms with E-state index >= 15 is 0 Å². The van der Waals surface area contributed by atoms with Gasteiger partial charge in [0.1, 0.15) is 6.10 Å². The normalized spacial score (nSPS) is 21.8. The molecule has 3 unspecified atom stereocenters. The van der Waals surface area contributed by atoms with E-state index in [9.17, 15) is 9.18 Å². The van der Waals surface area contributed by atoms with Gasteiger partial charge < -0.3 is 15.8 Å². The summed E-state index contributed by atoms with van der Waals surface area (Å²) in [6, 6.07) is 9.34. The molecule has 2 aromatic rings. The van der Waals surface area contributed by atoms with Gasteiger partial charge in [0.2, 0.25) is 0 Å². The molecule has 1 heterocycles. The Morgan fingerprint density at radius 2 is 2.09 bits per heavy atom. The number of hydrogen-bond acceptors (Lipinski definition) is 5. The number of nitrogens with one attached hydrogen (secondary N) is 2. The zero-order valence-corrected chi connectivity index (χ0v) is 19.4. The molecule has 2 aliphatic carbocycles. The number of para-hydroxylation sites is 1. The van der Waals surface area contributed by atoms with Crippen molar-refractivity contribution in [2.75, 3.05) is 0 Å². The summed E-state index contributed by atoms with van der Waals surface area (Å²) < 4.78 is 19.9. The van der Waals surface area contributed by atoms with Gasteiger partial charge in [-0.05, 0) is 61.3 Å². The molecule has 0 saturated heterocycles. The van der Waals surface area contributed by atoms with Crippen LogP contribution in [0.5, 0.6) is 5.75 Å². The third-order valence-electron chi connectivity index (χ3n) is 6.10. The van der Waals surface area contributed by atoms with E-state index in [0.717, 1.165) is 19.3 Å². The van der Waals surface area contributed by atoms with Crippen molar-refractivity contribution in [2.45, 2.75) is 43.9 Å². The molecule has 1 fully saturated rings. The molecule has 4 rings (SSSR count). The van der Waals surface area contributed by atoms with E-state index in [4.69, 9.17) is 15.9 Å². The molecule has 1 saturated carbocycles. The van der Waals surface area contributed by atoms with Crippen LogP contribution in [0.2, 0.25) is 0 Å². The summed E-state index contributed by atoms with van der Waals surface area (Å²) >= 11 is 0. The van der Waals surface area contributed by atoms with Gasteiger partial charge >= 0.3 is 0 Å². The fourth-order valence-corrected chi connectivity index (χ4v) is 4.29. The summed E-state index contributed by atoms with van der Waals surface area (Å²) in [5.41, 5.74) is 8.69. The molecule has 35 heavy (non-hydrogen) atoms. The van der Waals surface area contributed by atoms with Crippen LogP contribution in [0.4, 0.5) is 4.39 Å². The maximum atomic E-state index is 14.0. The van der Waals surface area contributed by atoms with Gasteiger partial charge in [-0.15, -0.1) is 0 Å². The van der Waals surface area contributed by atoms with Gasteiger partial charge in [-0.1, -0.05) is 36.9 Å². The lowest BCUT2D eigenvalue weighted by Crippen LogP contribution is -2.41. The van der Waals surface area contributed by atoms with Gasteiger partial charge in [0, 0.05) is 35.8 Å². The highest BCUT2D eigenvalue weighted by atomic mass is 19.1. The predicted molar refractivity (Wildman–Crippen MR) is 136 cm³/mol. The number of aromatic nitrogens is 1. The molecule has 0 radical (unpaired) electrons. The second-order valence-electron chi connectivity index (χ2n) is 8.71. The van der Waals surface area contributed by atoms with E-state index in [-0.39, 0.29) is 35.3 Å². The van der Waals surface area contributed by atoms with Crippen molar-refractivity contribution >= 4 is 17.7 Å². The first kappa shape index (κ1) is 24.3. The van der Waals surface area contributed by atoms with Crippen LogP contribution in [-0.2, 0) is 4.79 Å². The molecule has 1 amide bonds. The Balaban J connectivity index is 1.45. The van der Waals surface area contributed by atoms with E-state index in [1.807, 2.05) is 0 Å². The first-order valence-electron chi connectivity index (χ1n) is 11.7. The summed E-state index contributed by atoms with van der Waals surface area (Å²) in [5.74, 6) is -0.399. The number of carbonyl (C=O) groups is 1. The number of hydrogen-bond donors (Lipinski definition) is 3. The summed E-state index contributed by atoms with van der Waals surface area (Å²) in [7, 11) is 0. The number of halogens is 1. The van der Waals surface area contributed by atoms with E-state index < -0.39 is 6.04 Å². The quantitative estimate of drug-likeness (QED) is 0.517. The first-order chi connectivity index (χ1) is 16.9. The molecule has 7 heteroatoms. The van der Waals surface area contributed by atoms with Crippen LogP contribution in [0.1, 0.15) is 36.9 Å². The average molecular weight is 473 g/mol. The highest BCUT2D eigenvalue weighted by Gasteiger charge is 2.26. The summed E-state index contributed by atoms with van der Waals surface area (Å²) in [6.45, 7) is 3.72. The van der Waals surface area contributed by atoms with Crippen LogP contribution < -0.4 is 15.8 Å². The van der Waals surface area contributed by atoms with Crippen molar-refractivity contribution in [2.24, 2.45) is 5.73 Å². The fraction of sp³-hybridized carbons (Fsp3) is 0.250. The molecule has 6 nitrogen and oxygen atoms in total. The first-order valence-corrected chi connectivity index (χ1v) is 11.7. The van der Waals surface area contributed by atoms with E-state index in [0.29, 0.717) is 28.8 Å². The minimum absolute atomic E-state index is 0.0959. The Bertz CT molecular complexity index is 1220. The zero-order valence-electron chi connectivity index (χ0n) is 19.4. The van der Waals surface area contributed by atoms with Crippen molar-refractivity contribution in [3.05, 3.63) is 102 Å². The second-order valence-corrected chi connectivity index (χ2v) is 8.71. The molecule has 0 aliphatic heterocycles. The van der Waals surface area contributed by atoms with Crippen molar-refractivity contribution < 1.29 is 13.9 Å². The topological polar surface area (TPSA) is 101 Å². The molecule has 0 bridgehead atoms. The fourth-order valence-electron chi connectivity index (χ4n) is 4.29. The minimum Gasteiger partial charge on any atom is -0.487 e. The number of allylic oxidation sites excluding steroid dienone is 2. The van der Waals surface area contributed by atoms with E-state index in [1.165, 1.54) is 6.07 Å². The Hall–Kier alpha value is -3.84. The molecular weight excluding hydrogens is 443 g/mol. The predicted octanol–water partition coefficient (Wildman–Crippen LogP) is 4.49. The molecule has 4 N–H and O–H groups in total. The Morgan fingerprint density at radius 1 is 1.26 bits per heavy atom. The largest absolute Gasteiger partial charge is 0.487 e. The SMILES string of the molecule is C=Cc1cc(C(=N)C2=CC(N)C=CC(C(=O)NC3CCCC(Oc4ccccc4F)C3)=C2)ccn1. The van der Waals surface area contributed by atoms with Gasteiger partial charge in [0.25, 0.3) is 5.91 Å². The smallest absolute Gasteiger partial charge is 0.251 e. The van der Waals surface area contributed by atoms with Crippen molar-refractivity contribution in [3.8, 4) is 5.75 Å². The molecule has 0 spiro atoms. The third-order valence-corrected chi connectivity index (χ3v) is 6.10. The van der Waals surface area contributed by atoms with Crippen molar-refractivity contribution in [1.82, 2.24) is 10.3 Å². The van der Waals surface area contributed by atoms with Gasteiger partial charge in [0.15, 0.2) is 11.6 Å². The summed E-state index contributed by atoms with van der Waals surface area (Å²) in [6.07, 6.45) is 13.0. The Morgan fingerprint density at radius 3 is 2.89 bits per heavy atom. The number of carbonyl (C=O) groups excluding carboxylic acids is 1. The van der Waals surface area contributed by atoms with Crippen LogP contribution in [0.3, 0.4) is 0 Å². The monoisotopic (exact) mass is 472 g/mol. The number of benzene rings is 1. The van der Waals surface area contributed by atoms with E-state index in [1.54, 1.807) is 66.9 Å². The highest BCUT2D eigenvalue weighted by molar-refractivity contribution is 6.14. The lowest BCUT2D eigenvalue weighted by atomic mass is 9.92. The zero-order chi connectivity index (χ0) is 24.8. The number of rotatable bonds is 7. The maximum absolute atomic E-state index is 14.0. The molecule has 3 atom stereocenters. The average Bonchev–Trinajstić information content (AvgIpc) is 3.07. The summed E-state index contributed by atoms with van der Waals surface area (Å²) in [4.78, 5) is 17.3. The van der Waals surface area contributed by atoms with Gasteiger partial charge in [0.05, 0.1) is 11.4 Å². The highest BCUT2D eigenvalue weighted by Crippen LogP contribution is 2.26. The Labute approximate surface area is 204 Å². The standard InChI is InChI=1S/C28H29FN4O2/c1-2-22-16-18(12-13-32-22)27(31)20-14-19(10-11-21(30)15-20)28(34)33-23-6-5-7-24(17-23)35-26-9-4-3-8-25(26)29/h2-4,8-16,21,23-24,31H,1,5-7,17,30H2,(H,33,34). The molecular formula is C28H29FN4O2. The van der Waals surface area contributed by atoms with Crippen molar-refractivity contribution in [3.63, 3.8) is 0 Å². The van der Waals surface area contributed by atoms with Gasteiger partial charge in [-0.3, -0.25) is 15.2 Å². The van der Waals surface area contributed by atoms with Crippen LogP contribution in [0.25, 0.3) is 6.08 Å². The molecule has 1 aromatic heterocycles. The minimum atomic E-state index is -0.430. The maximum Gasteiger partial charge on any atom is 0.251 e. The molecule has 1 aromatic carbocycles. The number of nitrogens with zero attached hydrogens (tertiary/aromatic N) is 1. The van der Waals surface area contributed by atoms with Crippen LogP contribution in [-0.4, -0.2) is 34.8 Å². The second kappa shape index (κ2) is 11.1. The lowest BCUT2D eigenvalue weighted by molar-refractivity contribution is -0.118. The van der Waals surface area contributed by atoms with Crippen LogP contribution in [0, 0.1) is 11.2 Å². The molecule has 2 aliphatic rings.